The predicted octanol–water partition coefficient (Wildman–Crippen LogP) is 3.55. The van der Waals surface area contributed by atoms with Gasteiger partial charge in [0.1, 0.15) is 0 Å². The maximum absolute atomic E-state index is 11.1. The standard InChI is InChI=1S/C13H12BrNO2/c1-8-7-10(13(16)17)9(2)15(8)12-6-4-3-5-11(12)14/h3-7H,1-2H3,(H,16,17). The molecular weight excluding hydrogens is 282 g/mol. The molecule has 0 amide bonds. The number of para-hydroxylation sites is 1. The number of halogens is 1. The average molecular weight is 294 g/mol. The number of hydrogen-bond acceptors (Lipinski definition) is 1. The van der Waals surface area contributed by atoms with Crippen LogP contribution in [0, 0.1) is 13.8 Å². The smallest absolute Gasteiger partial charge is 0.337 e. The van der Waals surface area contributed by atoms with Crippen molar-refractivity contribution in [3.63, 3.8) is 0 Å². The highest BCUT2D eigenvalue weighted by atomic mass is 79.9. The zero-order valence-electron chi connectivity index (χ0n) is 9.57. The number of benzene rings is 1. The van der Waals surface area contributed by atoms with Gasteiger partial charge in [-0.2, -0.15) is 0 Å². The molecular formula is C13H12BrNO2. The SMILES string of the molecule is Cc1cc(C(=O)O)c(C)n1-c1ccccc1Br. The second-order valence-corrected chi connectivity index (χ2v) is 4.73. The molecule has 1 heterocycles. The van der Waals surface area contributed by atoms with E-state index in [-0.39, 0.29) is 0 Å². The van der Waals surface area contributed by atoms with Crippen molar-refractivity contribution in [3.05, 3.63) is 51.8 Å². The Balaban J connectivity index is 2.69. The van der Waals surface area contributed by atoms with Gasteiger partial charge >= 0.3 is 5.97 Å². The molecule has 2 rings (SSSR count). The van der Waals surface area contributed by atoms with Gasteiger partial charge in [0.15, 0.2) is 0 Å². The number of aromatic carboxylic acids is 1. The molecule has 2 aromatic rings. The molecule has 0 aliphatic rings. The van der Waals surface area contributed by atoms with E-state index in [4.69, 9.17) is 5.11 Å². The zero-order valence-corrected chi connectivity index (χ0v) is 11.2. The molecule has 17 heavy (non-hydrogen) atoms. The molecule has 0 bridgehead atoms. The lowest BCUT2D eigenvalue weighted by molar-refractivity contribution is 0.0696. The van der Waals surface area contributed by atoms with Crippen LogP contribution in [0.15, 0.2) is 34.8 Å². The van der Waals surface area contributed by atoms with Crippen LogP contribution in [0.4, 0.5) is 0 Å². The van der Waals surface area contributed by atoms with Crippen molar-refractivity contribution in [1.29, 1.82) is 0 Å². The van der Waals surface area contributed by atoms with E-state index in [0.29, 0.717) is 5.56 Å². The monoisotopic (exact) mass is 293 g/mol. The minimum absolute atomic E-state index is 0.346. The van der Waals surface area contributed by atoms with Crippen LogP contribution in [0.25, 0.3) is 5.69 Å². The maximum atomic E-state index is 11.1. The Morgan fingerprint density at radius 1 is 1.29 bits per heavy atom. The van der Waals surface area contributed by atoms with Crippen LogP contribution >= 0.6 is 15.9 Å². The summed E-state index contributed by atoms with van der Waals surface area (Å²) in [5.41, 5.74) is 2.95. The Morgan fingerprint density at radius 2 is 1.94 bits per heavy atom. The van der Waals surface area contributed by atoms with Gasteiger partial charge in [-0.3, -0.25) is 0 Å². The fourth-order valence-corrected chi connectivity index (χ4v) is 2.45. The molecule has 1 N–H and O–H groups in total. The van der Waals surface area contributed by atoms with Crippen molar-refractivity contribution in [2.24, 2.45) is 0 Å². The lowest BCUT2D eigenvalue weighted by Crippen LogP contribution is -2.02. The number of rotatable bonds is 2. The number of carboxylic acids is 1. The summed E-state index contributed by atoms with van der Waals surface area (Å²) in [7, 11) is 0. The molecule has 3 nitrogen and oxygen atoms in total. The van der Waals surface area contributed by atoms with E-state index in [1.165, 1.54) is 0 Å². The summed E-state index contributed by atoms with van der Waals surface area (Å²) in [4.78, 5) is 11.1. The molecule has 0 saturated carbocycles. The van der Waals surface area contributed by atoms with Crippen LogP contribution in [-0.2, 0) is 0 Å². The third kappa shape index (κ3) is 2.00. The first-order valence-corrected chi connectivity index (χ1v) is 5.99. The highest BCUT2D eigenvalue weighted by Gasteiger charge is 2.16. The Hall–Kier alpha value is -1.55. The van der Waals surface area contributed by atoms with Crippen molar-refractivity contribution in [1.82, 2.24) is 4.57 Å². The average Bonchev–Trinajstić information content (AvgIpc) is 2.56. The highest BCUT2D eigenvalue weighted by Crippen LogP contribution is 2.26. The van der Waals surface area contributed by atoms with Crippen LogP contribution in [0.1, 0.15) is 21.7 Å². The molecule has 0 saturated heterocycles. The molecule has 0 aliphatic heterocycles. The van der Waals surface area contributed by atoms with Gasteiger partial charge in [-0.15, -0.1) is 0 Å². The number of carbonyl (C=O) groups is 1. The molecule has 88 valence electrons. The van der Waals surface area contributed by atoms with Gasteiger partial charge in [-0.1, -0.05) is 12.1 Å². The molecule has 0 unspecified atom stereocenters. The molecule has 0 radical (unpaired) electrons. The van der Waals surface area contributed by atoms with Crippen molar-refractivity contribution in [2.75, 3.05) is 0 Å². The third-order valence-electron chi connectivity index (χ3n) is 2.75. The second kappa shape index (κ2) is 4.37. The fraction of sp³-hybridized carbons (Fsp3) is 0.154. The minimum atomic E-state index is -0.892. The summed E-state index contributed by atoms with van der Waals surface area (Å²) in [5.74, 6) is -0.892. The number of aromatic nitrogens is 1. The Morgan fingerprint density at radius 3 is 2.47 bits per heavy atom. The summed E-state index contributed by atoms with van der Waals surface area (Å²) in [6.07, 6.45) is 0. The summed E-state index contributed by atoms with van der Waals surface area (Å²) in [6, 6.07) is 9.45. The van der Waals surface area contributed by atoms with Gasteiger partial charge in [-0.05, 0) is 48.0 Å². The van der Waals surface area contributed by atoms with E-state index >= 15 is 0 Å². The first kappa shape index (κ1) is 11.9. The quantitative estimate of drug-likeness (QED) is 0.920. The van der Waals surface area contributed by atoms with Gasteiger partial charge in [0.05, 0.1) is 11.3 Å². The summed E-state index contributed by atoms with van der Waals surface area (Å²) in [6.45, 7) is 3.72. The Bertz CT molecular complexity index is 587. The number of carboxylic acid groups (broad SMARTS) is 1. The van der Waals surface area contributed by atoms with Crippen LogP contribution in [0.2, 0.25) is 0 Å². The van der Waals surface area contributed by atoms with E-state index < -0.39 is 5.97 Å². The van der Waals surface area contributed by atoms with E-state index in [2.05, 4.69) is 15.9 Å². The van der Waals surface area contributed by atoms with Gasteiger partial charge < -0.3 is 9.67 Å². The lowest BCUT2D eigenvalue weighted by atomic mass is 10.2. The topological polar surface area (TPSA) is 42.2 Å². The molecule has 0 atom stereocenters. The molecule has 4 heteroatoms. The minimum Gasteiger partial charge on any atom is -0.478 e. The molecule has 0 aliphatic carbocycles. The molecule has 1 aromatic carbocycles. The van der Waals surface area contributed by atoms with Gasteiger partial charge in [0.2, 0.25) is 0 Å². The zero-order chi connectivity index (χ0) is 12.6. The number of hydrogen-bond donors (Lipinski definition) is 1. The Labute approximate surface area is 108 Å². The highest BCUT2D eigenvalue weighted by molar-refractivity contribution is 9.10. The van der Waals surface area contributed by atoms with Gasteiger partial charge in [0, 0.05) is 15.9 Å². The largest absolute Gasteiger partial charge is 0.478 e. The molecule has 0 spiro atoms. The lowest BCUT2D eigenvalue weighted by Gasteiger charge is -2.11. The van der Waals surface area contributed by atoms with Crippen LogP contribution < -0.4 is 0 Å². The number of aryl methyl sites for hydroxylation is 1. The van der Waals surface area contributed by atoms with Crippen LogP contribution in [-0.4, -0.2) is 15.6 Å². The molecule has 0 fully saturated rings. The first-order valence-electron chi connectivity index (χ1n) is 5.19. The van der Waals surface area contributed by atoms with Crippen molar-refractivity contribution in [3.8, 4) is 5.69 Å². The van der Waals surface area contributed by atoms with E-state index in [1.54, 1.807) is 6.07 Å². The maximum Gasteiger partial charge on any atom is 0.337 e. The number of nitrogens with zero attached hydrogens (tertiary/aromatic N) is 1. The summed E-state index contributed by atoms with van der Waals surface area (Å²) < 4.78 is 2.88. The van der Waals surface area contributed by atoms with E-state index in [9.17, 15) is 4.79 Å². The first-order chi connectivity index (χ1) is 8.02. The van der Waals surface area contributed by atoms with Gasteiger partial charge in [-0.25, -0.2) is 4.79 Å². The summed E-state index contributed by atoms with van der Waals surface area (Å²) >= 11 is 3.48. The van der Waals surface area contributed by atoms with Crippen LogP contribution in [0.5, 0.6) is 0 Å². The van der Waals surface area contributed by atoms with Crippen molar-refractivity contribution in [2.45, 2.75) is 13.8 Å². The Kier molecular flexibility index (Phi) is 3.07. The van der Waals surface area contributed by atoms with Gasteiger partial charge in [0.25, 0.3) is 0 Å². The van der Waals surface area contributed by atoms with Crippen molar-refractivity contribution >= 4 is 21.9 Å². The predicted molar refractivity (Wildman–Crippen MR) is 69.9 cm³/mol. The van der Waals surface area contributed by atoms with E-state index in [1.807, 2.05) is 42.7 Å². The van der Waals surface area contributed by atoms with Crippen molar-refractivity contribution < 1.29 is 9.90 Å². The van der Waals surface area contributed by atoms with E-state index in [0.717, 1.165) is 21.5 Å². The summed E-state index contributed by atoms with van der Waals surface area (Å²) in [5, 5.41) is 9.09. The normalized spacial score (nSPS) is 10.5. The third-order valence-corrected chi connectivity index (χ3v) is 3.43. The fourth-order valence-electron chi connectivity index (χ4n) is 1.98. The van der Waals surface area contributed by atoms with Crippen LogP contribution in [0.3, 0.4) is 0 Å². The molecule has 1 aromatic heterocycles. The second-order valence-electron chi connectivity index (χ2n) is 3.88.